The maximum absolute atomic E-state index is 12.4. The molecule has 0 saturated heterocycles. The van der Waals surface area contributed by atoms with Crippen molar-refractivity contribution in [3.63, 3.8) is 0 Å². The minimum atomic E-state index is -4.80. The predicted octanol–water partition coefficient (Wildman–Crippen LogP) is 7.12. The van der Waals surface area contributed by atoms with Crippen molar-refractivity contribution in [2.75, 3.05) is 13.2 Å². The van der Waals surface area contributed by atoms with Crippen molar-refractivity contribution in [1.29, 1.82) is 0 Å². The van der Waals surface area contributed by atoms with Crippen molar-refractivity contribution < 1.29 is 52.9 Å². The Bertz CT molecular complexity index is 966. The first-order valence-electron chi connectivity index (χ1n) is 18.5. The number of ketones is 1. The number of ether oxygens (including phenoxy) is 2. The van der Waals surface area contributed by atoms with Crippen LogP contribution in [0.5, 0.6) is 0 Å². The number of unbranched alkanes of at least 4 members (excludes halogenated alkanes) is 10. The average molecular weight is 705 g/mol. The normalized spacial score (nSPS) is 20.2. The number of hydrogen-bond donors (Lipinski definition) is 4. The number of carbonyl (C=O) groups is 3. The van der Waals surface area contributed by atoms with E-state index in [2.05, 4.69) is 25.3 Å². The summed E-state index contributed by atoms with van der Waals surface area (Å²) in [5.41, 5.74) is 0. The topological polar surface area (TPSA) is 177 Å². The second-order valence-electron chi connectivity index (χ2n) is 13.6. The van der Waals surface area contributed by atoms with Gasteiger partial charge in [-0.15, -0.1) is 0 Å². The van der Waals surface area contributed by atoms with Crippen LogP contribution in [0.2, 0.25) is 0 Å². The Morgan fingerprint density at radius 3 is 2.12 bits per heavy atom. The molecule has 0 heterocycles. The summed E-state index contributed by atoms with van der Waals surface area (Å²) >= 11 is 0. The molecule has 12 heteroatoms. The summed E-state index contributed by atoms with van der Waals surface area (Å²) < 4.78 is 26.2. The summed E-state index contributed by atoms with van der Waals surface area (Å²) in [6.07, 6.45) is 17.2. The van der Waals surface area contributed by atoms with Gasteiger partial charge in [-0.3, -0.25) is 18.9 Å². The molecule has 1 rings (SSSR count). The van der Waals surface area contributed by atoms with Gasteiger partial charge in [-0.05, 0) is 37.5 Å². The Morgan fingerprint density at radius 2 is 1.48 bits per heavy atom. The molecule has 11 nitrogen and oxygen atoms in total. The van der Waals surface area contributed by atoms with E-state index in [9.17, 15) is 29.2 Å². The van der Waals surface area contributed by atoms with Crippen LogP contribution in [-0.4, -0.2) is 69.2 Å². The zero-order valence-corrected chi connectivity index (χ0v) is 30.7. The van der Waals surface area contributed by atoms with Crippen LogP contribution >= 0.6 is 7.82 Å². The van der Waals surface area contributed by atoms with Gasteiger partial charge in [-0.25, -0.2) is 4.57 Å². The lowest BCUT2D eigenvalue weighted by Crippen LogP contribution is -2.29. The molecule has 4 N–H and O–H groups in total. The van der Waals surface area contributed by atoms with E-state index in [0.717, 1.165) is 63.7 Å². The van der Waals surface area contributed by atoms with E-state index >= 15 is 0 Å². The summed E-state index contributed by atoms with van der Waals surface area (Å²) in [7, 11) is -4.80. The molecule has 0 aliphatic heterocycles. The Morgan fingerprint density at radius 1 is 0.875 bits per heavy atom. The van der Waals surface area contributed by atoms with E-state index in [-0.39, 0.29) is 43.5 Å². The second-order valence-corrected chi connectivity index (χ2v) is 14.8. The number of carbonyl (C=O) groups excluding carboxylic acids is 3. The van der Waals surface area contributed by atoms with Crippen molar-refractivity contribution in [3.05, 3.63) is 12.2 Å². The van der Waals surface area contributed by atoms with Gasteiger partial charge in [0.2, 0.25) is 0 Å². The lowest BCUT2D eigenvalue weighted by Gasteiger charge is -2.19. The predicted molar refractivity (Wildman–Crippen MR) is 185 cm³/mol. The fourth-order valence-electron chi connectivity index (χ4n) is 6.02. The average Bonchev–Trinajstić information content (AvgIpc) is 3.30. The first kappa shape index (κ1) is 44.4. The van der Waals surface area contributed by atoms with Crippen molar-refractivity contribution in [1.82, 2.24) is 0 Å². The molecule has 0 aromatic carbocycles. The fraction of sp³-hybridized carbons (Fsp3) is 0.861. The zero-order chi connectivity index (χ0) is 35.8. The Labute approximate surface area is 288 Å². The number of hydrogen-bond acceptors (Lipinski definition) is 9. The molecule has 1 aliphatic rings. The van der Waals surface area contributed by atoms with Gasteiger partial charge in [0, 0.05) is 25.2 Å². The molecule has 280 valence electrons. The minimum Gasteiger partial charge on any atom is -0.462 e. The molecule has 6 atom stereocenters. The van der Waals surface area contributed by atoms with Gasteiger partial charge >= 0.3 is 19.8 Å². The maximum atomic E-state index is 12.4. The van der Waals surface area contributed by atoms with Crippen molar-refractivity contribution >= 4 is 25.5 Å². The fourth-order valence-corrected chi connectivity index (χ4v) is 6.38. The number of rotatable bonds is 29. The molecule has 1 aliphatic carbocycles. The number of allylic oxidation sites excluding steroid dienone is 1. The third-order valence-electron chi connectivity index (χ3n) is 9.23. The standard InChI is InChI=1S/C36H65O11P/c1-4-6-13-19-29(37)23-24-32-31(33(38)25-34(32)39)20-15-11-12-16-21-35(40)45-26-30(27-46-48(42,43)44)47-36(41)22-17-10-8-7-9-14-18-28(3)5-2/h23-24,28-33,37-38H,4-22,25-27H2,1-3H3,(H2,42,43,44)/b24-23+/t28?,29-,30+,31+,32+,33-/m0/s1. The van der Waals surface area contributed by atoms with Crippen LogP contribution in [0.4, 0.5) is 0 Å². The van der Waals surface area contributed by atoms with Crippen LogP contribution in [0, 0.1) is 17.8 Å². The summed E-state index contributed by atoms with van der Waals surface area (Å²) in [6, 6.07) is 0. The second kappa shape index (κ2) is 26.2. The lowest BCUT2D eigenvalue weighted by atomic mass is 9.88. The monoisotopic (exact) mass is 704 g/mol. The number of phosphoric ester groups is 1. The highest BCUT2D eigenvalue weighted by atomic mass is 31.2. The molecule has 0 bridgehead atoms. The molecular weight excluding hydrogens is 639 g/mol. The van der Waals surface area contributed by atoms with Gasteiger partial charge in [0.1, 0.15) is 12.4 Å². The van der Waals surface area contributed by atoms with E-state index in [0.29, 0.717) is 25.7 Å². The maximum Gasteiger partial charge on any atom is 0.469 e. The molecule has 1 unspecified atom stereocenters. The lowest BCUT2D eigenvalue weighted by molar-refractivity contribution is -0.161. The third kappa shape index (κ3) is 22.2. The molecule has 1 fully saturated rings. The minimum absolute atomic E-state index is 0.000616. The van der Waals surface area contributed by atoms with Crippen LogP contribution in [-0.2, 0) is 32.9 Å². The first-order chi connectivity index (χ1) is 22.9. The van der Waals surface area contributed by atoms with Crippen LogP contribution < -0.4 is 0 Å². The van der Waals surface area contributed by atoms with Crippen LogP contribution in [0.15, 0.2) is 12.2 Å². The van der Waals surface area contributed by atoms with Gasteiger partial charge in [-0.2, -0.15) is 0 Å². The van der Waals surface area contributed by atoms with E-state index in [1.54, 1.807) is 12.2 Å². The number of Topliss-reactive ketones (excluding diaryl/α,β-unsaturated/α-hetero) is 1. The summed E-state index contributed by atoms with van der Waals surface area (Å²) in [4.78, 5) is 55.2. The summed E-state index contributed by atoms with van der Waals surface area (Å²) in [6.45, 7) is 5.61. The van der Waals surface area contributed by atoms with Crippen molar-refractivity contribution in [2.24, 2.45) is 17.8 Å². The van der Waals surface area contributed by atoms with Crippen LogP contribution in [0.3, 0.4) is 0 Å². The largest absolute Gasteiger partial charge is 0.469 e. The molecule has 48 heavy (non-hydrogen) atoms. The third-order valence-corrected chi connectivity index (χ3v) is 9.72. The van der Waals surface area contributed by atoms with E-state index in [1.165, 1.54) is 25.7 Å². The summed E-state index contributed by atoms with van der Waals surface area (Å²) in [5.74, 6) is -0.853. The highest BCUT2D eigenvalue weighted by molar-refractivity contribution is 7.46. The Kier molecular flexibility index (Phi) is 24.3. The van der Waals surface area contributed by atoms with Gasteiger partial charge in [0.25, 0.3) is 0 Å². The SMILES string of the molecule is CCCCC[C@H](O)/C=C/[C@H]1C(=O)C[C@H](O)[C@@H]1CCCCCCC(=O)OC[C@H](COP(=O)(O)O)OC(=O)CCCCCCCCC(C)CC. The smallest absolute Gasteiger partial charge is 0.462 e. The Hall–Kier alpha value is -1.62. The Balaban J connectivity index is 2.34. The van der Waals surface area contributed by atoms with Gasteiger partial charge in [-0.1, -0.05) is 116 Å². The zero-order valence-electron chi connectivity index (χ0n) is 29.8. The molecule has 1 saturated carbocycles. The molecule has 0 aromatic heterocycles. The molecule has 0 radical (unpaired) electrons. The molecule has 0 amide bonds. The number of esters is 2. The number of phosphoric acid groups is 1. The highest BCUT2D eigenvalue weighted by Gasteiger charge is 2.39. The van der Waals surface area contributed by atoms with Gasteiger partial charge in [0.05, 0.1) is 18.8 Å². The summed E-state index contributed by atoms with van der Waals surface area (Å²) in [5, 5.41) is 20.6. The van der Waals surface area contributed by atoms with E-state index < -0.39 is 44.7 Å². The van der Waals surface area contributed by atoms with Crippen LogP contribution in [0.1, 0.15) is 149 Å². The highest BCUT2D eigenvalue weighted by Crippen LogP contribution is 2.36. The van der Waals surface area contributed by atoms with E-state index in [1.807, 2.05) is 0 Å². The van der Waals surface area contributed by atoms with Crippen LogP contribution in [0.25, 0.3) is 0 Å². The molecule has 0 spiro atoms. The first-order valence-corrected chi connectivity index (χ1v) is 20.0. The van der Waals surface area contributed by atoms with E-state index in [4.69, 9.17) is 19.3 Å². The van der Waals surface area contributed by atoms with Crippen molar-refractivity contribution in [3.8, 4) is 0 Å². The van der Waals surface area contributed by atoms with Gasteiger partial charge in [0.15, 0.2) is 6.10 Å². The van der Waals surface area contributed by atoms with Gasteiger partial charge < -0.3 is 29.5 Å². The van der Waals surface area contributed by atoms with Crippen molar-refractivity contribution in [2.45, 2.75) is 167 Å². The molecule has 0 aromatic rings. The number of aliphatic hydroxyl groups excluding tert-OH is 2. The molecular formula is C36H65O11P. The number of aliphatic hydroxyl groups is 2. The quantitative estimate of drug-likeness (QED) is 0.0270.